The van der Waals surface area contributed by atoms with Crippen molar-refractivity contribution >= 4 is 24.8 Å². The van der Waals surface area contributed by atoms with Gasteiger partial charge in [-0.25, -0.2) is 5.57 Å². The molecular formula is C39H54Cl2Zr-2. The maximum atomic E-state index is 3.48. The van der Waals surface area contributed by atoms with E-state index in [0.29, 0.717) is 11.3 Å². The van der Waals surface area contributed by atoms with Crippen molar-refractivity contribution in [2.75, 3.05) is 0 Å². The van der Waals surface area contributed by atoms with Crippen LogP contribution in [0.5, 0.6) is 0 Å². The third-order valence-corrected chi connectivity index (χ3v) is 9.43. The number of benzene rings is 2. The monoisotopic (exact) mass is 682 g/mol. The second-order valence-electron chi connectivity index (χ2n) is 15.0. The van der Waals surface area contributed by atoms with Crippen molar-refractivity contribution in [1.82, 2.24) is 0 Å². The molecule has 0 aromatic heterocycles. The molecule has 2 aliphatic rings. The summed E-state index contributed by atoms with van der Waals surface area (Å²) < 4.78 is 1.80. The molecule has 230 valence electrons. The van der Waals surface area contributed by atoms with Gasteiger partial charge >= 0.3 is 59.5 Å². The van der Waals surface area contributed by atoms with Gasteiger partial charge in [-0.3, -0.25) is 6.08 Å². The maximum absolute atomic E-state index is 3.48. The molecule has 42 heavy (non-hydrogen) atoms. The fraction of sp³-hybridized carbons (Fsp3) is 0.538. The van der Waals surface area contributed by atoms with Crippen LogP contribution in [0, 0.1) is 17.4 Å². The topological polar surface area (TPSA) is 0 Å². The zero-order valence-corrected chi connectivity index (χ0v) is 32.2. The van der Waals surface area contributed by atoms with Crippen molar-refractivity contribution in [3.63, 3.8) is 0 Å². The zero-order valence-electron chi connectivity index (χ0n) is 28.2. The predicted octanol–water partition coefficient (Wildman–Crippen LogP) is 5.73. The summed E-state index contributed by atoms with van der Waals surface area (Å²) in [5.41, 5.74) is 6.42. The minimum absolute atomic E-state index is 0. The molecule has 0 spiro atoms. The number of fused-ring (bicyclic) bond motifs is 3. The first-order valence-corrected chi connectivity index (χ1v) is 16.8. The Kier molecular flexibility index (Phi) is 14.8. The Morgan fingerprint density at radius 3 is 1.50 bits per heavy atom. The van der Waals surface area contributed by atoms with Crippen LogP contribution in [-0.2, 0) is 35.1 Å². The predicted molar refractivity (Wildman–Crippen MR) is 176 cm³/mol. The van der Waals surface area contributed by atoms with Crippen molar-refractivity contribution in [2.24, 2.45) is 11.3 Å². The van der Waals surface area contributed by atoms with Gasteiger partial charge in [0.05, 0.1) is 0 Å². The SMILES string of the molecule is CC(C)(C)c1ccc2[cH-]c3ccc(C(C)(C)C)cc3c2c1.CCC1=[C-]C(C)C=C1C(C)(C)C.[Cl-].[Cl-].[Zr+2]=[C]1CCCCC1. The van der Waals surface area contributed by atoms with Gasteiger partial charge in [0.15, 0.2) is 0 Å². The van der Waals surface area contributed by atoms with Crippen LogP contribution >= 0.6 is 0 Å². The third kappa shape index (κ3) is 10.6. The van der Waals surface area contributed by atoms with E-state index in [-0.39, 0.29) is 35.6 Å². The minimum atomic E-state index is 0. The quantitative estimate of drug-likeness (QED) is 0.288. The molecule has 5 rings (SSSR count). The first-order valence-electron chi connectivity index (χ1n) is 15.6. The van der Waals surface area contributed by atoms with E-state index in [9.17, 15) is 0 Å². The summed E-state index contributed by atoms with van der Waals surface area (Å²) in [5, 5.41) is 5.49. The molecule has 0 aliphatic heterocycles. The summed E-state index contributed by atoms with van der Waals surface area (Å²) in [5.74, 6) is 0.522. The Labute approximate surface area is 285 Å². The van der Waals surface area contributed by atoms with Crippen molar-refractivity contribution in [3.8, 4) is 0 Å². The van der Waals surface area contributed by atoms with Crippen molar-refractivity contribution in [3.05, 3.63) is 76.9 Å². The van der Waals surface area contributed by atoms with E-state index in [1.54, 1.807) is 27.4 Å². The molecule has 3 aromatic carbocycles. The van der Waals surface area contributed by atoms with Crippen LogP contribution in [-0.4, -0.2) is 3.21 Å². The molecule has 3 aromatic rings. The molecule has 1 unspecified atom stereocenters. The van der Waals surface area contributed by atoms with Crippen LogP contribution in [0.25, 0.3) is 21.5 Å². The molecule has 1 saturated carbocycles. The second-order valence-corrected chi connectivity index (χ2v) is 16.7. The number of rotatable bonds is 1. The molecule has 0 nitrogen and oxygen atoms in total. The number of hydrogen-bond acceptors (Lipinski definition) is 0. The van der Waals surface area contributed by atoms with E-state index in [4.69, 9.17) is 0 Å². The van der Waals surface area contributed by atoms with E-state index in [2.05, 4.69) is 131 Å². The summed E-state index contributed by atoms with van der Waals surface area (Å²) in [4.78, 5) is 0. The summed E-state index contributed by atoms with van der Waals surface area (Å²) in [6, 6.07) is 16.1. The van der Waals surface area contributed by atoms with E-state index in [0.717, 1.165) is 6.42 Å². The molecule has 3 heteroatoms. The Hall–Kier alpha value is -0.877. The van der Waals surface area contributed by atoms with Crippen LogP contribution in [0.3, 0.4) is 0 Å². The Balaban J connectivity index is 0.000000356. The molecule has 0 amide bonds. The van der Waals surface area contributed by atoms with Crippen LogP contribution in [0.2, 0.25) is 0 Å². The molecule has 0 saturated heterocycles. The van der Waals surface area contributed by atoms with Crippen LogP contribution < -0.4 is 24.8 Å². The molecular weight excluding hydrogens is 631 g/mol. The van der Waals surface area contributed by atoms with Gasteiger partial charge in [-0.1, -0.05) is 129 Å². The molecule has 0 heterocycles. The first-order chi connectivity index (χ1) is 18.5. The summed E-state index contributed by atoms with van der Waals surface area (Å²) in [6.45, 7) is 24.9. The van der Waals surface area contributed by atoms with Crippen molar-refractivity contribution < 1.29 is 49.0 Å². The van der Waals surface area contributed by atoms with Gasteiger partial charge in [-0.15, -0.1) is 39.7 Å². The van der Waals surface area contributed by atoms with Crippen molar-refractivity contribution in [1.29, 1.82) is 0 Å². The van der Waals surface area contributed by atoms with Gasteiger partial charge in [-0.05, 0) is 10.8 Å². The average Bonchev–Trinajstić information content (AvgIpc) is 3.43. The molecule has 1 atom stereocenters. The van der Waals surface area contributed by atoms with Crippen LogP contribution in [0.15, 0.2) is 59.7 Å². The fourth-order valence-electron chi connectivity index (χ4n) is 5.65. The van der Waals surface area contributed by atoms with E-state index < -0.39 is 0 Å². The van der Waals surface area contributed by atoms with Gasteiger partial charge in [0.2, 0.25) is 0 Å². The summed E-state index contributed by atoms with van der Waals surface area (Å²) >= 11 is 1.69. The Bertz CT molecular complexity index is 1300. The standard InChI is InChI=1S/C21H25.C12H19.C6H10.2ClH.Zr/c1-20(2,3)16-9-7-14-11-15-8-10-17(21(4,5)6)13-19(15)18(14)12-16;1-6-10-7-9(2)8-11(10)12(3,4)5;1-2-4-6-5-3-1;;;/h7-13H,1-6H3;8-9H,6H2,1-5H3;1-5H2;2*1H;/q2*-1;;;;+2/p-2. The molecule has 0 N–H and O–H groups in total. The van der Waals surface area contributed by atoms with E-state index in [1.165, 1.54) is 75.9 Å². The van der Waals surface area contributed by atoms with Gasteiger partial charge in [0.1, 0.15) is 0 Å². The van der Waals surface area contributed by atoms with Gasteiger partial charge in [-0.2, -0.15) is 11.6 Å². The van der Waals surface area contributed by atoms with Crippen molar-refractivity contribution in [2.45, 2.75) is 126 Å². The molecule has 0 radical (unpaired) electrons. The first kappa shape index (κ1) is 39.1. The Morgan fingerprint density at radius 1 is 0.738 bits per heavy atom. The summed E-state index contributed by atoms with van der Waals surface area (Å²) in [7, 11) is 0. The average molecular weight is 685 g/mol. The van der Waals surface area contributed by atoms with Crippen LogP contribution in [0.4, 0.5) is 0 Å². The van der Waals surface area contributed by atoms with Gasteiger partial charge in [0, 0.05) is 0 Å². The van der Waals surface area contributed by atoms with Crippen LogP contribution in [0.1, 0.15) is 126 Å². The van der Waals surface area contributed by atoms with Gasteiger partial charge < -0.3 is 24.8 Å². The summed E-state index contributed by atoms with van der Waals surface area (Å²) in [6.07, 6.45) is 14.3. The third-order valence-electron chi connectivity index (χ3n) is 8.20. The molecule has 2 aliphatic carbocycles. The number of halogens is 2. The number of hydrogen-bond donors (Lipinski definition) is 0. The molecule has 1 fully saturated rings. The number of allylic oxidation sites excluding steroid dienone is 4. The van der Waals surface area contributed by atoms with E-state index >= 15 is 0 Å². The van der Waals surface area contributed by atoms with E-state index in [1.807, 2.05) is 0 Å². The fourth-order valence-corrected chi connectivity index (χ4v) is 6.52. The molecule has 0 bridgehead atoms. The van der Waals surface area contributed by atoms with Gasteiger partial charge in [0.25, 0.3) is 0 Å². The second kappa shape index (κ2) is 15.9. The normalized spacial score (nSPS) is 17.3. The zero-order chi connectivity index (χ0) is 29.9. The Morgan fingerprint density at radius 2 is 1.19 bits per heavy atom.